The van der Waals surface area contributed by atoms with Crippen LogP contribution in [0.4, 0.5) is 5.69 Å². The number of H-pyrrole nitrogens is 1. The molecule has 0 radical (unpaired) electrons. The fraction of sp³-hybridized carbons (Fsp3) is 0.280. The number of aliphatic carboxylic acids is 1. The van der Waals surface area contributed by atoms with Gasteiger partial charge in [0, 0.05) is 24.8 Å². The highest BCUT2D eigenvalue weighted by Crippen LogP contribution is 2.49. The smallest absolute Gasteiger partial charge is 0.218 e. The van der Waals surface area contributed by atoms with E-state index < -0.39 is 22.6 Å². The van der Waals surface area contributed by atoms with Crippen molar-refractivity contribution in [1.82, 2.24) is 24.9 Å². The van der Waals surface area contributed by atoms with Crippen LogP contribution in [0.25, 0.3) is 21.1 Å². The molecule has 11 nitrogen and oxygen atoms in total. The Bertz CT molecular complexity index is 1540. The van der Waals surface area contributed by atoms with Crippen molar-refractivity contribution >= 4 is 48.9 Å². The number of piperidine rings is 1. The van der Waals surface area contributed by atoms with Crippen molar-refractivity contribution in [2.75, 3.05) is 25.0 Å². The zero-order valence-electron chi connectivity index (χ0n) is 20.5. The van der Waals surface area contributed by atoms with Gasteiger partial charge in [-0.3, -0.25) is 0 Å². The van der Waals surface area contributed by atoms with Crippen LogP contribution in [0.5, 0.6) is 5.75 Å². The van der Waals surface area contributed by atoms with Crippen molar-refractivity contribution in [1.29, 1.82) is 0 Å². The summed E-state index contributed by atoms with van der Waals surface area (Å²) in [4.78, 5) is 12.3. The van der Waals surface area contributed by atoms with E-state index in [9.17, 15) is 18.3 Å². The Balaban J connectivity index is 1.28. The van der Waals surface area contributed by atoms with Gasteiger partial charge in [0.15, 0.2) is 5.75 Å². The number of carboxylic acid groups (broad SMARTS) is 1. The van der Waals surface area contributed by atoms with E-state index in [0.29, 0.717) is 41.0 Å². The van der Waals surface area contributed by atoms with Crippen molar-refractivity contribution in [3.8, 4) is 26.9 Å². The first kappa shape index (κ1) is 27.2. The summed E-state index contributed by atoms with van der Waals surface area (Å²) >= 11 is 4.89. The molecule has 0 bridgehead atoms. The van der Waals surface area contributed by atoms with E-state index in [1.54, 1.807) is 4.31 Å². The second-order valence-corrected chi connectivity index (χ2v) is 12.7. The number of hydrogen-bond donors (Lipinski definition) is 2. The monoisotopic (exact) mass is 631 g/mol. The lowest BCUT2D eigenvalue weighted by Gasteiger charge is -2.32. The van der Waals surface area contributed by atoms with Crippen LogP contribution in [0, 0.1) is 0 Å². The summed E-state index contributed by atoms with van der Waals surface area (Å²) in [5.41, 5.74) is 2.54. The van der Waals surface area contributed by atoms with Crippen molar-refractivity contribution in [3.05, 3.63) is 64.6 Å². The molecule has 2 aromatic heterocycles. The van der Waals surface area contributed by atoms with Crippen LogP contribution in [-0.4, -0.2) is 65.1 Å². The number of anilines is 1. The Kier molecular flexibility index (Phi) is 8.26. The molecule has 2 aromatic carbocycles. The van der Waals surface area contributed by atoms with Crippen LogP contribution in [0.2, 0.25) is 0 Å². The zero-order chi connectivity index (χ0) is 27.4. The molecule has 39 heavy (non-hydrogen) atoms. The first-order valence-electron chi connectivity index (χ1n) is 12.1. The van der Waals surface area contributed by atoms with Gasteiger partial charge in [-0.25, -0.2) is 12.7 Å². The van der Waals surface area contributed by atoms with Crippen molar-refractivity contribution in [3.63, 3.8) is 0 Å². The summed E-state index contributed by atoms with van der Waals surface area (Å²) in [5, 5.41) is 28.5. The number of benzene rings is 2. The van der Waals surface area contributed by atoms with Gasteiger partial charge < -0.3 is 20.0 Å². The Labute approximate surface area is 237 Å². The van der Waals surface area contributed by atoms with Crippen LogP contribution in [-0.2, 0) is 20.6 Å². The number of halogens is 1. The van der Waals surface area contributed by atoms with Crippen LogP contribution >= 0.6 is 27.3 Å². The molecule has 2 N–H and O–H groups in total. The standard InChI is InChI=1S/C25H25BrN6O5S2/c26-21-22(37-14-20(33)34)24(25-28-30-31-29-25)38-23(21)17-7-4-8-19(13-17)27-18-9-11-32(12-10-18)39(35,36)15-16-5-2-1-3-6-16/h1-8,13,18,27H,9-12,14-15H2,(H,33,34)(H,28,29,30,31)/p-1. The third kappa shape index (κ3) is 6.46. The fourth-order valence-electron chi connectivity index (χ4n) is 4.39. The van der Waals surface area contributed by atoms with Crippen molar-refractivity contribution < 1.29 is 23.1 Å². The Morgan fingerprint density at radius 2 is 1.92 bits per heavy atom. The van der Waals surface area contributed by atoms with E-state index >= 15 is 0 Å². The highest BCUT2D eigenvalue weighted by atomic mass is 79.9. The quantitative estimate of drug-likeness (QED) is 0.269. The topological polar surface area (TPSA) is 153 Å². The normalized spacial score (nSPS) is 14.8. The number of carbonyl (C=O) groups excluding carboxylic acids is 1. The number of rotatable bonds is 10. The molecule has 0 atom stereocenters. The van der Waals surface area contributed by atoms with E-state index in [4.69, 9.17) is 4.74 Å². The van der Waals surface area contributed by atoms with E-state index in [-0.39, 0.29) is 17.6 Å². The van der Waals surface area contributed by atoms with Gasteiger partial charge in [-0.2, -0.15) is 5.21 Å². The first-order valence-corrected chi connectivity index (χ1v) is 15.3. The summed E-state index contributed by atoms with van der Waals surface area (Å²) in [5.74, 6) is -0.769. The summed E-state index contributed by atoms with van der Waals surface area (Å²) < 4.78 is 33.4. The number of sulfonamides is 1. The van der Waals surface area contributed by atoms with Crippen molar-refractivity contribution in [2.24, 2.45) is 0 Å². The number of aromatic nitrogens is 4. The van der Waals surface area contributed by atoms with Crippen LogP contribution in [0.15, 0.2) is 59.1 Å². The van der Waals surface area contributed by atoms with Gasteiger partial charge in [-0.1, -0.05) is 42.5 Å². The van der Waals surface area contributed by atoms with Gasteiger partial charge >= 0.3 is 0 Å². The Morgan fingerprint density at radius 1 is 1.15 bits per heavy atom. The first-order chi connectivity index (χ1) is 18.8. The summed E-state index contributed by atoms with van der Waals surface area (Å²) in [6, 6.07) is 17.1. The number of nitrogens with one attached hydrogen (secondary N) is 2. The maximum absolute atomic E-state index is 12.9. The maximum Gasteiger partial charge on any atom is 0.218 e. The highest BCUT2D eigenvalue weighted by Gasteiger charge is 2.28. The molecular formula is C25H24BrN6O5S2-. The zero-order valence-corrected chi connectivity index (χ0v) is 23.8. The molecule has 1 fully saturated rings. The Morgan fingerprint density at radius 3 is 2.62 bits per heavy atom. The molecule has 0 amide bonds. The third-order valence-electron chi connectivity index (χ3n) is 6.23. The van der Waals surface area contributed by atoms with E-state index in [0.717, 1.165) is 21.7 Å². The molecule has 0 spiro atoms. The molecule has 0 aliphatic carbocycles. The van der Waals surface area contributed by atoms with Gasteiger partial charge in [0.1, 0.15) is 11.5 Å². The predicted molar refractivity (Wildman–Crippen MR) is 148 cm³/mol. The predicted octanol–water partition coefficient (Wildman–Crippen LogP) is 2.89. The Hall–Kier alpha value is -3.33. The van der Waals surface area contributed by atoms with Crippen LogP contribution in [0.1, 0.15) is 18.4 Å². The average molecular weight is 633 g/mol. The summed E-state index contributed by atoms with van der Waals surface area (Å²) in [6.45, 7) is 0.285. The number of thiophene rings is 1. The molecule has 0 unspecified atom stereocenters. The second kappa shape index (κ2) is 11.8. The number of tetrazole rings is 1. The van der Waals surface area contributed by atoms with Gasteiger partial charge in [-0.15, -0.1) is 21.5 Å². The molecule has 3 heterocycles. The number of hydrogen-bond acceptors (Lipinski definition) is 10. The van der Waals surface area contributed by atoms with Crippen LogP contribution in [0.3, 0.4) is 0 Å². The van der Waals surface area contributed by atoms with Gasteiger partial charge in [0.25, 0.3) is 0 Å². The van der Waals surface area contributed by atoms with E-state index in [1.165, 1.54) is 11.3 Å². The van der Waals surface area contributed by atoms with E-state index in [2.05, 4.69) is 41.9 Å². The largest absolute Gasteiger partial charge is 0.546 e. The average Bonchev–Trinajstić information content (AvgIpc) is 3.56. The van der Waals surface area contributed by atoms with Gasteiger partial charge in [0.05, 0.1) is 21.1 Å². The van der Waals surface area contributed by atoms with Gasteiger partial charge in [-0.05, 0) is 57.2 Å². The lowest BCUT2D eigenvalue weighted by molar-refractivity contribution is -0.307. The summed E-state index contributed by atoms with van der Waals surface area (Å²) in [7, 11) is -3.38. The maximum atomic E-state index is 12.9. The second-order valence-electron chi connectivity index (χ2n) is 8.94. The molecule has 204 valence electrons. The van der Waals surface area contributed by atoms with Crippen molar-refractivity contribution in [2.45, 2.75) is 24.6 Å². The molecule has 1 aliphatic rings. The third-order valence-corrected chi connectivity index (χ3v) is 10.3. The number of carbonyl (C=O) groups is 1. The number of ether oxygens (including phenoxy) is 1. The number of aromatic amines is 1. The minimum atomic E-state index is -3.38. The molecule has 5 rings (SSSR count). The molecule has 14 heteroatoms. The van der Waals surface area contributed by atoms with Gasteiger partial charge in [0.2, 0.25) is 15.8 Å². The number of carboxylic acids is 1. The molecule has 0 saturated carbocycles. The molecule has 1 aliphatic heterocycles. The molecular weight excluding hydrogens is 608 g/mol. The SMILES string of the molecule is O=C([O-])COc1c(-c2nn[nH]n2)sc(-c2cccc(NC3CCN(S(=O)(=O)Cc4ccccc4)CC3)c2)c1Br. The van der Waals surface area contributed by atoms with Crippen LogP contribution < -0.4 is 15.2 Å². The lowest BCUT2D eigenvalue weighted by Crippen LogP contribution is -2.42. The van der Waals surface area contributed by atoms with E-state index in [1.807, 2.05) is 54.6 Å². The molecule has 4 aromatic rings. The lowest BCUT2D eigenvalue weighted by atomic mass is 10.1. The number of nitrogens with zero attached hydrogens (tertiary/aromatic N) is 4. The minimum Gasteiger partial charge on any atom is -0.546 e. The fourth-order valence-corrected chi connectivity index (χ4v) is 7.93. The molecule has 1 saturated heterocycles. The minimum absolute atomic E-state index is 0.00417. The summed E-state index contributed by atoms with van der Waals surface area (Å²) in [6.07, 6.45) is 1.37. The highest BCUT2D eigenvalue weighted by molar-refractivity contribution is 9.10.